The van der Waals surface area contributed by atoms with Crippen LogP contribution in [0.3, 0.4) is 0 Å². The summed E-state index contributed by atoms with van der Waals surface area (Å²) in [6, 6.07) is 2.77. The first-order chi connectivity index (χ1) is 7.99. The Hall–Kier alpha value is -1.62. The molecule has 1 unspecified atom stereocenters. The maximum Gasteiger partial charge on any atom is 0.251 e. The van der Waals surface area contributed by atoms with Crippen molar-refractivity contribution >= 4 is 5.91 Å². The molecule has 0 bridgehead atoms. The molecular formula is C12H19N3O2. The van der Waals surface area contributed by atoms with Gasteiger partial charge in [-0.2, -0.15) is 0 Å². The molecule has 0 saturated carbocycles. The predicted octanol–water partition coefficient (Wildman–Crippen LogP) is 0.478. The maximum absolute atomic E-state index is 11.7. The van der Waals surface area contributed by atoms with E-state index in [1.165, 1.54) is 12.3 Å². The van der Waals surface area contributed by atoms with E-state index in [0.717, 1.165) is 6.42 Å². The van der Waals surface area contributed by atoms with E-state index in [1.807, 2.05) is 0 Å². The second kappa shape index (κ2) is 6.20. The third-order valence-electron chi connectivity index (χ3n) is 2.34. The summed E-state index contributed by atoms with van der Waals surface area (Å²) in [6.45, 7) is 4.58. The fourth-order valence-electron chi connectivity index (χ4n) is 1.60. The van der Waals surface area contributed by atoms with Gasteiger partial charge in [-0.15, -0.1) is 0 Å². The minimum atomic E-state index is -0.288. The molecule has 94 valence electrons. The van der Waals surface area contributed by atoms with Crippen LogP contribution in [0.1, 0.15) is 30.6 Å². The fraction of sp³-hybridized carbons (Fsp3) is 0.500. The Morgan fingerprint density at radius 1 is 1.53 bits per heavy atom. The molecule has 0 radical (unpaired) electrons. The molecule has 1 heterocycles. The van der Waals surface area contributed by atoms with Gasteiger partial charge in [0, 0.05) is 30.4 Å². The third kappa shape index (κ3) is 4.82. The summed E-state index contributed by atoms with van der Waals surface area (Å²) < 4.78 is 0. The van der Waals surface area contributed by atoms with Crippen molar-refractivity contribution in [2.24, 2.45) is 11.7 Å². The molecule has 0 spiro atoms. The Bertz CT molecular complexity index is 426. The van der Waals surface area contributed by atoms with E-state index < -0.39 is 0 Å². The average Bonchev–Trinajstić information content (AvgIpc) is 2.25. The smallest absolute Gasteiger partial charge is 0.251 e. The highest BCUT2D eigenvalue weighted by molar-refractivity contribution is 5.93. The lowest BCUT2D eigenvalue weighted by Crippen LogP contribution is -2.38. The van der Waals surface area contributed by atoms with Crippen molar-refractivity contribution in [3.05, 3.63) is 34.2 Å². The van der Waals surface area contributed by atoms with Crippen molar-refractivity contribution in [2.45, 2.75) is 26.3 Å². The number of amides is 1. The SMILES string of the molecule is CC(C)CC(N)CNC(=O)c1cc[nH]c(=O)c1. The number of nitrogens with two attached hydrogens (primary N) is 1. The number of carbonyl (C=O) groups excluding carboxylic acids is 1. The summed E-state index contributed by atoms with van der Waals surface area (Å²) >= 11 is 0. The van der Waals surface area contributed by atoms with Crippen LogP contribution in [0, 0.1) is 5.92 Å². The molecule has 1 aromatic heterocycles. The first kappa shape index (κ1) is 13.4. The molecule has 0 aliphatic carbocycles. The summed E-state index contributed by atoms with van der Waals surface area (Å²) in [5.74, 6) is 0.233. The van der Waals surface area contributed by atoms with Gasteiger partial charge in [-0.25, -0.2) is 0 Å². The predicted molar refractivity (Wildman–Crippen MR) is 66.8 cm³/mol. The van der Waals surface area contributed by atoms with Crippen LogP contribution in [0.4, 0.5) is 0 Å². The quantitative estimate of drug-likeness (QED) is 0.696. The first-order valence-electron chi connectivity index (χ1n) is 5.71. The largest absolute Gasteiger partial charge is 0.350 e. The van der Waals surface area contributed by atoms with E-state index in [1.54, 1.807) is 6.07 Å². The van der Waals surface area contributed by atoms with E-state index in [0.29, 0.717) is 18.0 Å². The molecule has 0 fully saturated rings. The minimum absolute atomic E-state index is 0.0547. The molecule has 17 heavy (non-hydrogen) atoms. The van der Waals surface area contributed by atoms with Crippen molar-refractivity contribution < 1.29 is 4.79 Å². The van der Waals surface area contributed by atoms with Crippen LogP contribution in [0.15, 0.2) is 23.1 Å². The second-order valence-electron chi connectivity index (χ2n) is 4.54. The van der Waals surface area contributed by atoms with Crippen LogP contribution in [0.25, 0.3) is 0 Å². The zero-order valence-electron chi connectivity index (χ0n) is 10.2. The Kier molecular flexibility index (Phi) is 4.90. The summed E-state index contributed by atoms with van der Waals surface area (Å²) in [5.41, 5.74) is 5.91. The van der Waals surface area contributed by atoms with E-state index in [9.17, 15) is 9.59 Å². The molecule has 5 heteroatoms. The van der Waals surface area contributed by atoms with Crippen molar-refractivity contribution in [2.75, 3.05) is 6.54 Å². The number of rotatable bonds is 5. The molecule has 0 aliphatic rings. The van der Waals surface area contributed by atoms with Gasteiger partial charge in [-0.1, -0.05) is 13.8 Å². The minimum Gasteiger partial charge on any atom is -0.350 e. The number of hydrogen-bond acceptors (Lipinski definition) is 3. The van der Waals surface area contributed by atoms with Gasteiger partial charge >= 0.3 is 0 Å². The molecule has 0 aromatic carbocycles. The summed E-state index contributed by atoms with van der Waals surface area (Å²) in [5, 5.41) is 2.71. The summed E-state index contributed by atoms with van der Waals surface area (Å²) in [7, 11) is 0. The first-order valence-corrected chi connectivity index (χ1v) is 5.71. The fourth-order valence-corrected chi connectivity index (χ4v) is 1.60. The topological polar surface area (TPSA) is 88.0 Å². The number of aromatic amines is 1. The Morgan fingerprint density at radius 3 is 2.82 bits per heavy atom. The molecule has 1 amide bonds. The van der Waals surface area contributed by atoms with Crippen LogP contribution in [-0.4, -0.2) is 23.5 Å². The Balaban J connectivity index is 2.47. The van der Waals surface area contributed by atoms with Gasteiger partial charge in [-0.3, -0.25) is 9.59 Å². The van der Waals surface area contributed by atoms with Crippen LogP contribution in [0.5, 0.6) is 0 Å². The number of carbonyl (C=O) groups is 1. The zero-order chi connectivity index (χ0) is 12.8. The monoisotopic (exact) mass is 237 g/mol. The molecule has 5 nitrogen and oxygen atoms in total. The van der Waals surface area contributed by atoms with Gasteiger partial charge < -0.3 is 16.0 Å². The van der Waals surface area contributed by atoms with E-state index in [4.69, 9.17) is 5.73 Å². The molecule has 0 aliphatic heterocycles. The van der Waals surface area contributed by atoms with Crippen LogP contribution < -0.4 is 16.6 Å². The standard InChI is InChI=1S/C12H19N3O2/c1-8(2)5-10(13)7-15-12(17)9-3-4-14-11(16)6-9/h3-4,6,8,10H,5,7,13H2,1-2H3,(H,14,16)(H,15,17). The van der Waals surface area contributed by atoms with Gasteiger partial charge in [0.1, 0.15) is 0 Å². The number of H-pyrrole nitrogens is 1. The van der Waals surface area contributed by atoms with Crippen molar-refractivity contribution in [3.63, 3.8) is 0 Å². The van der Waals surface area contributed by atoms with Crippen LogP contribution in [0.2, 0.25) is 0 Å². The zero-order valence-corrected chi connectivity index (χ0v) is 10.2. The van der Waals surface area contributed by atoms with E-state index >= 15 is 0 Å². The summed E-state index contributed by atoms with van der Waals surface area (Å²) in [6.07, 6.45) is 2.31. The lowest BCUT2D eigenvalue weighted by Gasteiger charge is -2.14. The number of nitrogens with one attached hydrogen (secondary N) is 2. The summed E-state index contributed by atoms with van der Waals surface area (Å²) in [4.78, 5) is 25.1. The molecule has 0 saturated heterocycles. The molecular weight excluding hydrogens is 218 g/mol. The lowest BCUT2D eigenvalue weighted by molar-refractivity contribution is 0.0950. The van der Waals surface area contributed by atoms with Gasteiger partial charge in [0.15, 0.2) is 0 Å². The molecule has 4 N–H and O–H groups in total. The number of pyridine rings is 1. The average molecular weight is 237 g/mol. The Morgan fingerprint density at radius 2 is 2.24 bits per heavy atom. The molecule has 1 aromatic rings. The number of hydrogen-bond donors (Lipinski definition) is 3. The third-order valence-corrected chi connectivity index (χ3v) is 2.34. The highest BCUT2D eigenvalue weighted by atomic mass is 16.2. The number of aromatic nitrogens is 1. The van der Waals surface area contributed by atoms with Crippen molar-refractivity contribution in [3.8, 4) is 0 Å². The maximum atomic E-state index is 11.7. The van der Waals surface area contributed by atoms with Gasteiger partial charge in [-0.05, 0) is 18.4 Å². The van der Waals surface area contributed by atoms with E-state index in [2.05, 4.69) is 24.1 Å². The second-order valence-corrected chi connectivity index (χ2v) is 4.54. The Labute approximate surface area is 100 Å². The van der Waals surface area contributed by atoms with Gasteiger partial charge in [0.05, 0.1) is 0 Å². The van der Waals surface area contributed by atoms with Gasteiger partial charge in [0.25, 0.3) is 5.91 Å². The normalized spacial score (nSPS) is 12.5. The van der Waals surface area contributed by atoms with Crippen molar-refractivity contribution in [1.29, 1.82) is 0 Å². The lowest BCUT2D eigenvalue weighted by atomic mass is 10.0. The highest BCUT2D eigenvalue weighted by Gasteiger charge is 2.09. The molecule has 1 rings (SSSR count). The van der Waals surface area contributed by atoms with Gasteiger partial charge in [0.2, 0.25) is 5.56 Å². The van der Waals surface area contributed by atoms with E-state index in [-0.39, 0.29) is 17.5 Å². The molecule has 1 atom stereocenters. The highest BCUT2D eigenvalue weighted by Crippen LogP contribution is 2.01. The van der Waals surface area contributed by atoms with Crippen LogP contribution >= 0.6 is 0 Å². The van der Waals surface area contributed by atoms with Crippen LogP contribution in [-0.2, 0) is 0 Å². The van der Waals surface area contributed by atoms with Crippen molar-refractivity contribution in [1.82, 2.24) is 10.3 Å².